The highest BCUT2D eigenvalue weighted by atomic mass is 35.5. The van der Waals surface area contributed by atoms with E-state index < -0.39 is 10.9 Å². The van der Waals surface area contributed by atoms with Crippen LogP contribution in [0.15, 0.2) is 69.7 Å². The van der Waals surface area contributed by atoms with Gasteiger partial charge in [-0.15, -0.1) is 0 Å². The molecule has 0 saturated heterocycles. The number of furan rings is 1. The van der Waals surface area contributed by atoms with Gasteiger partial charge in [-0.25, -0.2) is 9.79 Å². The van der Waals surface area contributed by atoms with E-state index in [2.05, 4.69) is 4.99 Å². The number of nitro benzene ring substituents is 1. The van der Waals surface area contributed by atoms with Crippen molar-refractivity contribution in [2.75, 3.05) is 0 Å². The molecule has 4 rings (SSSR count). The van der Waals surface area contributed by atoms with Crippen LogP contribution in [0.4, 0.5) is 5.69 Å². The molecule has 2 aromatic carbocycles. The molecule has 3 aromatic rings. The lowest BCUT2D eigenvalue weighted by Gasteiger charge is -2.02. The van der Waals surface area contributed by atoms with Gasteiger partial charge in [0.1, 0.15) is 11.5 Å². The predicted molar refractivity (Wildman–Crippen MR) is 108 cm³/mol. The first-order valence-corrected chi connectivity index (χ1v) is 8.99. The van der Waals surface area contributed by atoms with Crippen molar-refractivity contribution in [3.8, 4) is 11.3 Å². The Morgan fingerprint density at radius 1 is 1.07 bits per heavy atom. The quantitative estimate of drug-likeness (QED) is 0.236. The van der Waals surface area contributed by atoms with Gasteiger partial charge in [-0.3, -0.25) is 10.1 Å². The predicted octanol–water partition coefficient (Wildman–Crippen LogP) is 5.51. The molecule has 0 radical (unpaired) electrons. The molecule has 0 aliphatic carbocycles. The number of rotatable bonds is 4. The molecule has 7 nitrogen and oxygen atoms in total. The number of carbonyl (C=O) groups excluding carboxylic acids is 1. The average Bonchev–Trinajstić information content (AvgIpc) is 3.29. The van der Waals surface area contributed by atoms with Crippen molar-refractivity contribution in [3.05, 3.63) is 91.8 Å². The van der Waals surface area contributed by atoms with Crippen LogP contribution in [-0.4, -0.2) is 16.8 Å². The Bertz CT molecular complexity index is 1210. The Balaban J connectivity index is 1.63. The van der Waals surface area contributed by atoms with E-state index in [0.717, 1.165) is 5.56 Å². The number of esters is 1. The minimum absolute atomic E-state index is 0.0152. The Morgan fingerprint density at radius 3 is 2.62 bits per heavy atom. The summed E-state index contributed by atoms with van der Waals surface area (Å²) in [7, 11) is 0. The molecule has 2 heterocycles. The van der Waals surface area contributed by atoms with E-state index in [1.54, 1.807) is 30.3 Å². The number of hydrogen-bond donors (Lipinski definition) is 0. The van der Waals surface area contributed by atoms with Crippen LogP contribution < -0.4 is 0 Å². The molecule has 9 heteroatoms. The molecule has 1 aliphatic rings. The highest BCUT2D eigenvalue weighted by Gasteiger charge is 2.27. The van der Waals surface area contributed by atoms with Crippen molar-refractivity contribution in [1.29, 1.82) is 0 Å². The first-order valence-electron chi connectivity index (χ1n) is 8.23. The Morgan fingerprint density at radius 2 is 1.90 bits per heavy atom. The summed E-state index contributed by atoms with van der Waals surface area (Å²) < 4.78 is 10.9. The van der Waals surface area contributed by atoms with Gasteiger partial charge in [-0.1, -0.05) is 35.3 Å². The van der Waals surface area contributed by atoms with E-state index in [1.165, 1.54) is 24.3 Å². The maximum absolute atomic E-state index is 12.2. The summed E-state index contributed by atoms with van der Waals surface area (Å²) in [6.07, 6.45) is 1.43. The maximum atomic E-state index is 12.2. The fourth-order valence-corrected chi connectivity index (χ4v) is 3.12. The molecule has 29 heavy (non-hydrogen) atoms. The summed E-state index contributed by atoms with van der Waals surface area (Å²) in [4.78, 5) is 26.5. The molecular formula is C20H10Cl2N2O5. The summed E-state index contributed by atoms with van der Waals surface area (Å²) in [5.74, 6) is 0.248. The smallest absolute Gasteiger partial charge is 0.363 e. The van der Waals surface area contributed by atoms with E-state index in [9.17, 15) is 14.9 Å². The zero-order valence-corrected chi connectivity index (χ0v) is 16.0. The minimum Gasteiger partial charge on any atom is -0.457 e. The Kier molecular flexibility index (Phi) is 4.92. The summed E-state index contributed by atoms with van der Waals surface area (Å²) in [5.41, 5.74) is 0.899. The van der Waals surface area contributed by atoms with Crippen LogP contribution in [0.3, 0.4) is 0 Å². The van der Waals surface area contributed by atoms with Crippen molar-refractivity contribution < 1.29 is 18.9 Å². The number of benzene rings is 2. The van der Waals surface area contributed by atoms with E-state index in [-0.39, 0.29) is 27.9 Å². The SMILES string of the molecule is O=C1OC(c2ccc([N+](=O)[O-])cc2Cl)=N/C1=C\c1ccc(-c2cccc(Cl)c2)o1. The van der Waals surface area contributed by atoms with Crippen molar-refractivity contribution >= 4 is 46.8 Å². The van der Waals surface area contributed by atoms with Gasteiger partial charge in [0.25, 0.3) is 5.69 Å². The normalized spacial score (nSPS) is 14.8. The third-order valence-corrected chi connectivity index (χ3v) is 4.58. The molecule has 144 valence electrons. The van der Waals surface area contributed by atoms with Crippen LogP contribution in [0.1, 0.15) is 11.3 Å². The van der Waals surface area contributed by atoms with E-state index >= 15 is 0 Å². The fraction of sp³-hybridized carbons (Fsp3) is 0. The van der Waals surface area contributed by atoms with Crippen molar-refractivity contribution in [2.45, 2.75) is 0 Å². The van der Waals surface area contributed by atoms with Crippen LogP contribution in [0.2, 0.25) is 10.0 Å². The lowest BCUT2D eigenvalue weighted by Crippen LogP contribution is -2.06. The van der Waals surface area contributed by atoms with Gasteiger partial charge in [0.05, 0.1) is 15.5 Å². The van der Waals surface area contributed by atoms with Gasteiger partial charge < -0.3 is 9.15 Å². The number of aliphatic imine (C=N–C) groups is 1. The number of nitro groups is 1. The topological polar surface area (TPSA) is 94.9 Å². The highest BCUT2D eigenvalue weighted by molar-refractivity contribution is 6.34. The molecule has 0 bridgehead atoms. The number of non-ortho nitro benzene ring substituents is 1. The van der Waals surface area contributed by atoms with Gasteiger partial charge in [0, 0.05) is 28.8 Å². The zero-order valence-electron chi connectivity index (χ0n) is 14.5. The minimum atomic E-state index is -0.685. The van der Waals surface area contributed by atoms with Gasteiger partial charge in [-0.2, -0.15) is 0 Å². The second-order valence-electron chi connectivity index (χ2n) is 5.97. The standard InChI is InChI=1S/C20H10Cl2N2O5/c21-12-3-1-2-11(8-12)18-7-5-14(28-18)10-17-20(25)29-19(23-17)15-6-4-13(24(26)27)9-16(15)22/h1-10H/b17-10-. The number of ether oxygens (including phenoxy) is 1. The second-order valence-corrected chi connectivity index (χ2v) is 6.81. The van der Waals surface area contributed by atoms with Gasteiger partial charge >= 0.3 is 5.97 Å². The highest BCUT2D eigenvalue weighted by Crippen LogP contribution is 2.29. The summed E-state index contributed by atoms with van der Waals surface area (Å²) in [6, 6.07) is 14.4. The maximum Gasteiger partial charge on any atom is 0.363 e. The lowest BCUT2D eigenvalue weighted by atomic mass is 10.2. The van der Waals surface area contributed by atoms with E-state index in [4.69, 9.17) is 32.4 Å². The van der Waals surface area contributed by atoms with Crippen LogP contribution in [-0.2, 0) is 9.53 Å². The number of carbonyl (C=O) groups is 1. The second kappa shape index (κ2) is 7.54. The zero-order chi connectivity index (χ0) is 20.5. The Hall–Kier alpha value is -3.42. The molecule has 1 aliphatic heterocycles. The van der Waals surface area contributed by atoms with Gasteiger partial charge in [-0.05, 0) is 30.3 Å². The summed E-state index contributed by atoms with van der Waals surface area (Å²) >= 11 is 12.1. The number of nitrogens with zero attached hydrogens (tertiary/aromatic N) is 2. The lowest BCUT2D eigenvalue weighted by molar-refractivity contribution is -0.384. The van der Waals surface area contributed by atoms with Crippen LogP contribution in [0.25, 0.3) is 17.4 Å². The summed E-state index contributed by atoms with van der Waals surface area (Å²) in [6.45, 7) is 0. The molecule has 0 N–H and O–H groups in total. The average molecular weight is 429 g/mol. The van der Waals surface area contributed by atoms with Gasteiger partial charge in [0.2, 0.25) is 5.90 Å². The summed E-state index contributed by atoms with van der Waals surface area (Å²) in [5, 5.41) is 11.4. The molecule has 0 amide bonds. The third-order valence-electron chi connectivity index (χ3n) is 4.03. The molecule has 0 saturated carbocycles. The van der Waals surface area contributed by atoms with Crippen molar-refractivity contribution in [1.82, 2.24) is 0 Å². The first-order chi connectivity index (χ1) is 13.9. The molecule has 0 spiro atoms. The van der Waals surface area contributed by atoms with Crippen molar-refractivity contribution in [2.24, 2.45) is 4.99 Å². The number of hydrogen-bond acceptors (Lipinski definition) is 6. The first kappa shape index (κ1) is 18.9. The molecule has 0 unspecified atom stereocenters. The molecule has 0 fully saturated rings. The fourth-order valence-electron chi connectivity index (χ4n) is 2.68. The molecule has 1 aromatic heterocycles. The van der Waals surface area contributed by atoms with Crippen molar-refractivity contribution in [3.63, 3.8) is 0 Å². The van der Waals surface area contributed by atoms with Crippen LogP contribution in [0, 0.1) is 10.1 Å². The third kappa shape index (κ3) is 3.91. The molecular weight excluding hydrogens is 419 g/mol. The van der Waals surface area contributed by atoms with E-state index in [1.807, 2.05) is 6.07 Å². The number of halogens is 2. The van der Waals surface area contributed by atoms with Crippen LogP contribution >= 0.6 is 23.2 Å². The van der Waals surface area contributed by atoms with Gasteiger partial charge in [0.15, 0.2) is 5.70 Å². The number of cyclic esters (lactones) is 1. The molecule has 0 atom stereocenters. The van der Waals surface area contributed by atoms with E-state index in [0.29, 0.717) is 16.5 Å². The van der Waals surface area contributed by atoms with Crippen LogP contribution in [0.5, 0.6) is 0 Å². The monoisotopic (exact) mass is 428 g/mol. The largest absolute Gasteiger partial charge is 0.457 e. The Labute approximate surface area is 174 Å².